The summed E-state index contributed by atoms with van der Waals surface area (Å²) in [5.41, 5.74) is 5.36. The third-order valence-corrected chi connectivity index (χ3v) is 3.11. The molecule has 19 heavy (non-hydrogen) atoms. The van der Waals surface area contributed by atoms with Gasteiger partial charge in [0.15, 0.2) is 0 Å². The molecule has 1 aromatic carbocycles. The number of hydrogen-bond acceptors (Lipinski definition) is 2. The summed E-state index contributed by atoms with van der Waals surface area (Å²) in [7, 11) is 0. The van der Waals surface area contributed by atoms with E-state index in [2.05, 4.69) is 35.1 Å². The summed E-state index contributed by atoms with van der Waals surface area (Å²) in [5.74, 6) is 0. The highest BCUT2D eigenvalue weighted by Gasteiger charge is 2.06. The molecule has 0 amide bonds. The number of rotatable bonds is 2. The average molecular weight is 246 g/mol. The second kappa shape index (κ2) is 5.02. The predicted molar refractivity (Wildman–Crippen MR) is 77.6 cm³/mol. The van der Waals surface area contributed by atoms with Gasteiger partial charge in [-0.25, -0.2) is 0 Å². The van der Waals surface area contributed by atoms with Gasteiger partial charge in [-0.2, -0.15) is 0 Å². The Morgan fingerprint density at radius 3 is 2.32 bits per heavy atom. The zero-order valence-electron chi connectivity index (χ0n) is 10.7. The fourth-order valence-corrected chi connectivity index (χ4v) is 2.09. The van der Waals surface area contributed by atoms with Crippen molar-refractivity contribution < 1.29 is 0 Å². The SMILES string of the molecule is Cc1cnc(-c2ccccc2)cc1-c1ccccn1. The van der Waals surface area contributed by atoms with Crippen LogP contribution in [-0.2, 0) is 0 Å². The molecule has 2 heterocycles. The molecule has 0 unspecified atom stereocenters. The Balaban J connectivity index is 2.12. The van der Waals surface area contributed by atoms with E-state index >= 15 is 0 Å². The highest BCUT2D eigenvalue weighted by atomic mass is 14.7. The predicted octanol–water partition coefficient (Wildman–Crippen LogP) is 4.12. The zero-order chi connectivity index (χ0) is 13.1. The minimum Gasteiger partial charge on any atom is -0.256 e. The Bertz CT molecular complexity index is 676. The Morgan fingerprint density at radius 1 is 0.789 bits per heavy atom. The number of aromatic nitrogens is 2. The molecule has 0 radical (unpaired) electrons. The molecule has 2 nitrogen and oxygen atoms in total. The van der Waals surface area contributed by atoms with Crippen molar-refractivity contribution in [2.24, 2.45) is 0 Å². The molecule has 0 saturated carbocycles. The lowest BCUT2D eigenvalue weighted by molar-refractivity contribution is 1.24. The fourth-order valence-electron chi connectivity index (χ4n) is 2.09. The third kappa shape index (κ3) is 2.38. The van der Waals surface area contributed by atoms with Gasteiger partial charge in [0, 0.05) is 23.5 Å². The van der Waals surface area contributed by atoms with E-state index in [0.717, 1.165) is 28.1 Å². The minimum absolute atomic E-state index is 0.979. The molecule has 3 aromatic rings. The summed E-state index contributed by atoms with van der Waals surface area (Å²) in [6, 6.07) is 18.3. The third-order valence-electron chi connectivity index (χ3n) is 3.11. The molecule has 0 spiro atoms. The van der Waals surface area contributed by atoms with Gasteiger partial charge < -0.3 is 0 Å². The maximum Gasteiger partial charge on any atom is 0.0708 e. The van der Waals surface area contributed by atoms with Gasteiger partial charge in [0.1, 0.15) is 0 Å². The van der Waals surface area contributed by atoms with Crippen LogP contribution >= 0.6 is 0 Å². The maximum absolute atomic E-state index is 4.51. The summed E-state index contributed by atoms with van der Waals surface area (Å²) < 4.78 is 0. The van der Waals surface area contributed by atoms with E-state index in [-0.39, 0.29) is 0 Å². The van der Waals surface area contributed by atoms with Crippen LogP contribution in [0.4, 0.5) is 0 Å². The lowest BCUT2D eigenvalue weighted by Crippen LogP contribution is -1.91. The molecule has 2 aromatic heterocycles. The zero-order valence-corrected chi connectivity index (χ0v) is 10.7. The smallest absolute Gasteiger partial charge is 0.0708 e. The van der Waals surface area contributed by atoms with E-state index in [1.165, 1.54) is 0 Å². The van der Waals surface area contributed by atoms with E-state index < -0.39 is 0 Å². The van der Waals surface area contributed by atoms with Gasteiger partial charge in [-0.05, 0) is 30.7 Å². The van der Waals surface area contributed by atoms with Crippen molar-refractivity contribution in [3.05, 3.63) is 72.6 Å². The highest BCUT2D eigenvalue weighted by molar-refractivity contribution is 5.70. The molecule has 0 aliphatic rings. The van der Waals surface area contributed by atoms with E-state index in [4.69, 9.17) is 0 Å². The van der Waals surface area contributed by atoms with Crippen LogP contribution in [0.25, 0.3) is 22.5 Å². The summed E-state index contributed by atoms with van der Waals surface area (Å²) in [5, 5.41) is 0. The monoisotopic (exact) mass is 246 g/mol. The number of hydrogen-bond donors (Lipinski definition) is 0. The van der Waals surface area contributed by atoms with Gasteiger partial charge in [-0.1, -0.05) is 36.4 Å². The first-order chi connectivity index (χ1) is 9.34. The second-order valence-corrected chi connectivity index (χ2v) is 4.47. The van der Waals surface area contributed by atoms with Crippen molar-refractivity contribution in [3.8, 4) is 22.5 Å². The molecule has 0 N–H and O–H groups in total. The van der Waals surface area contributed by atoms with Crippen LogP contribution in [0.2, 0.25) is 0 Å². The van der Waals surface area contributed by atoms with Gasteiger partial charge >= 0.3 is 0 Å². The van der Waals surface area contributed by atoms with Gasteiger partial charge in [0.2, 0.25) is 0 Å². The lowest BCUT2D eigenvalue weighted by atomic mass is 10.0. The van der Waals surface area contributed by atoms with Crippen molar-refractivity contribution in [3.63, 3.8) is 0 Å². The van der Waals surface area contributed by atoms with E-state index in [0.29, 0.717) is 0 Å². The molecule has 3 rings (SSSR count). The summed E-state index contributed by atoms with van der Waals surface area (Å²) in [6.45, 7) is 2.06. The minimum atomic E-state index is 0.979. The van der Waals surface area contributed by atoms with Crippen molar-refractivity contribution in [1.82, 2.24) is 9.97 Å². The summed E-state index contributed by atoms with van der Waals surface area (Å²) in [4.78, 5) is 8.92. The largest absolute Gasteiger partial charge is 0.256 e. The van der Waals surface area contributed by atoms with Crippen LogP contribution in [0.5, 0.6) is 0 Å². The average Bonchev–Trinajstić information content (AvgIpc) is 2.49. The maximum atomic E-state index is 4.51. The normalized spacial score (nSPS) is 10.4. The molecule has 0 saturated heterocycles. The fraction of sp³-hybridized carbons (Fsp3) is 0.0588. The molecule has 0 atom stereocenters. The van der Waals surface area contributed by atoms with Crippen LogP contribution in [0.1, 0.15) is 5.56 Å². The van der Waals surface area contributed by atoms with Crippen molar-refractivity contribution in [2.75, 3.05) is 0 Å². The molecule has 0 aliphatic heterocycles. The topological polar surface area (TPSA) is 25.8 Å². The first-order valence-electron chi connectivity index (χ1n) is 6.28. The van der Waals surface area contributed by atoms with E-state index in [9.17, 15) is 0 Å². The van der Waals surface area contributed by atoms with E-state index in [1.54, 1.807) is 0 Å². The van der Waals surface area contributed by atoms with Gasteiger partial charge in [0.25, 0.3) is 0 Å². The molecule has 0 fully saturated rings. The quantitative estimate of drug-likeness (QED) is 0.679. The highest BCUT2D eigenvalue weighted by Crippen LogP contribution is 2.25. The van der Waals surface area contributed by atoms with Crippen LogP contribution in [0.15, 0.2) is 67.0 Å². The second-order valence-electron chi connectivity index (χ2n) is 4.47. The number of pyridine rings is 2. The van der Waals surface area contributed by atoms with Crippen LogP contribution in [0, 0.1) is 6.92 Å². The Hall–Kier alpha value is -2.48. The van der Waals surface area contributed by atoms with Crippen molar-refractivity contribution >= 4 is 0 Å². The summed E-state index contributed by atoms with van der Waals surface area (Å²) >= 11 is 0. The lowest BCUT2D eigenvalue weighted by Gasteiger charge is -2.07. The van der Waals surface area contributed by atoms with Crippen LogP contribution < -0.4 is 0 Å². The number of benzene rings is 1. The molecular weight excluding hydrogens is 232 g/mol. The van der Waals surface area contributed by atoms with Crippen molar-refractivity contribution in [2.45, 2.75) is 6.92 Å². The van der Waals surface area contributed by atoms with Crippen LogP contribution in [-0.4, -0.2) is 9.97 Å². The van der Waals surface area contributed by atoms with Gasteiger partial charge in [0.05, 0.1) is 11.4 Å². The Morgan fingerprint density at radius 2 is 1.58 bits per heavy atom. The first-order valence-corrected chi connectivity index (χ1v) is 6.28. The molecule has 92 valence electrons. The summed E-state index contributed by atoms with van der Waals surface area (Å²) in [6.07, 6.45) is 3.73. The van der Waals surface area contributed by atoms with Crippen LogP contribution in [0.3, 0.4) is 0 Å². The number of nitrogens with zero attached hydrogens (tertiary/aromatic N) is 2. The standard InChI is InChI=1S/C17H14N2/c1-13-12-19-17(14-7-3-2-4-8-14)11-15(13)16-9-5-6-10-18-16/h2-12H,1H3. The molecule has 0 aliphatic carbocycles. The molecule has 2 heteroatoms. The Kier molecular flexibility index (Phi) is 3.07. The van der Waals surface area contributed by atoms with Crippen molar-refractivity contribution in [1.29, 1.82) is 0 Å². The number of aryl methyl sites for hydroxylation is 1. The molecule has 0 bridgehead atoms. The molecular formula is C17H14N2. The van der Waals surface area contributed by atoms with Gasteiger partial charge in [-0.3, -0.25) is 9.97 Å². The first kappa shape index (κ1) is 11.6. The van der Waals surface area contributed by atoms with E-state index in [1.807, 2.05) is 48.8 Å². The Labute approximate surface area is 112 Å². The van der Waals surface area contributed by atoms with Gasteiger partial charge in [-0.15, -0.1) is 0 Å².